The quantitative estimate of drug-likeness (QED) is 0.893. The van der Waals surface area contributed by atoms with Crippen LogP contribution >= 0.6 is 11.6 Å². The Morgan fingerprint density at radius 3 is 2.89 bits per heavy atom. The molecule has 0 aromatic heterocycles. The molecule has 0 radical (unpaired) electrons. The third-order valence-corrected chi connectivity index (χ3v) is 4.12. The molecule has 1 fully saturated rings. The molecule has 0 spiro atoms. The lowest BCUT2D eigenvalue weighted by Crippen LogP contribution is -2.20. The molecule has 0 amide bonds. The maximum atomic E-state index is 6.38. The van der Waals surface area contributed by atoms with Crippen molar-refractivity contribution < 1.29 is 0 Å². The van der Waals surface area contributed by atoms with E-state index in [-0.39, 0.29) is 6.04 Å². The summed E-state index contributed by atoms with van der Waals surface area (Å²) in [5.41, 5.74) is 8.15. The van der Waals surface area contributed by atoms with Crippen LogP contribution in [0.4, 0.5) is 5.69 Å². The highest BCUT2D eigenvalue weighted by molar-refractivity contribution is 6.33. The SMILES string of the molecule is CCCC1CCN(c2ccc([C@H](C)N)cc2Cl)C1. The molecule has 2 rings (SSSR count). The first-order chi connectivity index (χ1) is 8.61. The van der Waals surface area contributed by atoms with E-state index in [1.807, 2.05) is 13.0 Å². The molecule has 1 heterocycles. The van der Waals surface area contributed by atoms with Crippen LogP contribution in [0.2, 0.25) is 5.02 Å². The number of halogens is 1. The van der Waals surface area contributed by atoms with Crippen LogP contribution < -0.4 is 10.6 Å². The molecular weight excluding hydrogens is 244 g/mol. The van der Waals surface area contributed by atoms with E-state index in [2.05, 4.69) is 24.0 Å². The van der Waals surface area contributed by atoms with Gasteiger partial charge in [-0.25, -0.2) is 0 Å². The molecule has 1 saturated heterocycles. The molecule has 0 aliphatic carbocycles. The fourth-order valence-electron chi connectivity index (χ4n) is 2.76. The first kappa shape index (κ1) is 13.7. The molecule has 0 bridgehead atoms. The summed E-state index contributed by atoms with van der Waals surface area (Å²) in [7, 11) is 0. The maximum Gasteiger partial charge on any atom is 0.0642 e. The Morgan fingerprint density at radius 1 is 1.50 bits per heavy atom. The molecule has 2 nitrogen and oxygen atoms in total. The molecule has 0 saturated carbocycles. The van der Waals surface area contributed by atoms with E-state index >= 15 is 0 Å². The standard InChI is InChI=1S/C15H23ClN2/c1-3-4-12-7-8-18(10-12)15-6-5-13(11(2)17)9-14(15)16/h5-6,9,11-12H,3-4,7-8,10,17H2,1-2H3/t11-,12?/m0/s1. The molecule has 1 unspecified atom stereocenters. The summed E-state index contributed by atoms with van der Waals surface area (Å²) in [6, 6.07) is 6.27. The van der Waals surface area contributed by atoms with Crippen molar-refractivity contribution in [2.75, 3.05) is 18.0 Å². The molecule has 2 N–H and O–H groups in total. The summed E-state index contributed by atoms with van der Waals surface area (Å²) in [4.78, 5) is 2.41. The smallest absolute Gasteiger partial charge is 0.0642 e. The normalized spacial score (nSPS) is 21.3. The summed E-state index contributed by atoms with van der Waals surface area (Å²) in [6.07, 6.45) is 3.89. The topological polar surface area (TPSA) is 29.3 Å². The summed E-state index contributed by atoms with van der Waals surface area (Å²) in [5, 5.41) is 0.835. The van der Waals surface area contributed by atoms with Gasteiger partial charge in [0.05, 0.1) is 10.7 Å². The molecule has 1 aromatic carbocycles. The Balaban J connectivity index is 2.10. The van der Waals surface area contributed by atoms with Crippen LogP contribution in [0.1, 0.15) is 44.7 Å². The fraction of sp³-hybridized carbons (Fsp3) is 0.600. The number of hydrogen-bond acceptors (Lipinski definition) is 2. The van der Waals surface area contributed by atoms with Crippen LogP contribution in [0.5, 0.6) is 0 Å². The van der Waals surface area contributed by atoms with E-state index in [0.29, 0.717) is 0 Å². The molecule has 3 heteroatoms. The van der Waals surface area contributed by atoms with Gasteiger partial charge in [0, 0.05) is 19.1 Å². The second kappa shape index (κ2) is 5.94. The van der Waals surface area contributed by atoms with Crippen molar-refractivity contribution in [1.29, 1.82) is 0 Å². The molecule has 1 aliphatic heterocycles. The summed E-state index contributed by atoms with van der Waals surface area (Å²) >= 11 is 6.38. The summed E-state index contributed by atoms with van der Waals surface area (Å²) in [5.74, 6) is 0.833. The Morgan fingerprint density at radius 2 is 2.28 bits per heavy atom. The van der Waals surface area contributed by atoms with Gasteiger partial charge >= 0.3 is 0 Å². The predicted octanol–water partition coefficient (Wildman–Crippen LogP) is 3.99. The Labute approximate surface area is 115 Å². The lowest BCUT2D eigenvalue weighted by molar-refractivity contribution is 0.530. The third-order valence-electron chi connectivity index (χ3n) is 3.82. The zero-order valence-corrected chi connectivity index (χ0v) is 12.1. The third kappa shape index (κ3) is 2.99. The maximum absolute atomic E-state index is 6.38. The van der Waals surface area contributed by atoms with Gasteiger partial charge in [-0.1, -0.05) is 31.0 Å². The second-order valence-corrected chi connectivity index (χ2v) is 5.80. The average Bonchev–Trinajstić information content (AvgIpc) is 2.77. The number of rotatable bonds is 4. The van der Waals surface area contributed by atoms with Crippen LogP contribution in [-0.4, -0.2) is 13.1 Å². The van der Waals surface area contributed by atoms with Crippen molar-refractivity contribution in [3.63, 3.8) is 0 Å². The number of nitrogens with zero attached hydrogens (tertiary/aromatic N) is 1. The lowest BCUT2D eigenvalue weighted by atomic mass is 10.0. The Hall–Kier alpha value is -0.730. The minimum Gasteiger partial charge on any atom is -0.370 e. The van der Waals surface area contributed by atoms with Crippen LogP contribution in [0, 0.1) is 5.92 Å². The highest BCUT2D eigenvalue weighted by Crippen LogP contribution is 2.33. The van der Waals surface area contributed by atoms with E-state index < -0.39 is 0 Å². The second-order valence-electron chi connectivity index (χ2n) is 5.39. The van der Waals surface area contributed by atoms with Crippen molar-refractivity contribution in [3.8, 4) is 0 Å². The first-order valence-corrected chi connectivity index (χ1v) is 7.29. The van der Waals surface area contributed by atoms with Crippen molar-refractivity contribution in [2.45, 2.75) is 39.2 Å². The van der Waals surface area contributed by atoms with E-state index in [4.69, 9.17) is 17.3 Å². The monoisotopic (exact) mass is 266 g/mol. The molecule has 100 valence electrons. The van der Waals surface area contributed by atoms with Crippen molar-refractivity contribution in [2.24, 2.45) is 11.7 Å². The van der Waals surface area contributed by atoms with Gasteiger partial charge in [0.25, 0.3) is 0 Å². The first-order valence-electron chi connectivity index (χ1n) is 6.91. The molecular formula is C15H23ClN2. The Bertz CT molecular complexity index is 403. The van der Waals surface area contributed by atoms with Gasteiger partial charge in [-0.2, -0.15) is 0 Å². The Kier molecular flexibility index (Phi) is 4.52. The zero-order chi connectivity index (χ0) is 13.1. The van der Waals surface area contributed by atoms with Crippen LogP contribution in [0.15, 0.2) is 18.2 Å². The van der Waals surface area contributed by atoms with E-state index in [1.54, 1.807) is 0 Å². The van der Waals surface area contributed by atoms with Crippen molar-refractivity contribution >= 4 is 17.3 Å². The van der Waals surface area contributed by atoms with Gasteiger partial charge in [-0.05, 0) is 43.4 Å². The largest absolute Gasteiger partial charge is 0.370 e. The van der Waals surface area contributed by atoms with Crippen LogP contribution in [0.3, 0.4) is 0 Å². The van der Waals surface area contributed by atoms with Crippen molar-refractivity contribution in [3.05, 3.63) is 28.8 Å². The number of anilines is 1. The van der Waals surface area contributed by atoms with Crippen molar-refractivity contribution in [1.82, 2.24) is 0 Å². The predicted molar refractivity (Wildman–Crippen MR) is 79.3 cm³/mol. The van der Waals surface area contributed by atoms with Gasteiger partial charge in [0.1, 0.15) is 0 Å². The van der Waals surface area contributed by atoms with E-state index in [0.717, 1.165) is 29.6 Å². The number of benzene rings is 1. The molecule has 1 aliphatic rings. The number of nitrogens with two attached hydrogens (primary N) is 1. The lowest BCUT2D eigenvalue weighted by Gasteiger charge is -2.21. The van der Waals surface area contributed by atoms with Gasteiger partial charge < -0.3 is 10.6 Å². The molecule has 2 atom stereocenters. The minimum absolute atomic E-state index is 0.0444. The highest BCUT2D eigenvalue weighted by atomic mass is 35.5. The van der Waals surface area contributed by atoms with E-state index in [9.17, 15) is 0 Å². The zero-order valence-electron chi connectivity index (χ0n) is 11.3. The van der Waals surface area contributed by atoms with Crippen LogP contribution in [0.25, 0.3) is 0 Å². The minimum atomic E-state index is 0.0444. The fourth-order valence-corrected chi connectivity index (χ4v) is 3.07. The summed E-state index contributed by atoms with van der Waals surface area (Å²) < 4.78 is 0. The highest BCUT2D eigenvalue weighted by Gasteiger charge is 2.23. The van der Waals surface area contributed by atoms with Gasteiger partial charge in [-0.15, -0.1) is 0 Å². The van der Waals surface area contributed by atoms with Crippen LogP contribution in [-0.2, 0) is 0 Å². The van der Waals surface area contributed by atoms with Gasteiger partial charge in [0.15, 0.2) is 0 Å². The van der Waals surface area contributed by atoms with Gasteiger partial charge in [-0.3, -0.25) is 0 Å². The van der Waals surface area contributed by atoms with E-state index in [1.165, 1.54) is 24.9 Å². The molecule has 1 aromatic rings. The van der Waals surface area contributed by atoms with Gasteiger partial charge in [0.2, 0.25) is 0 Å². The average molecular weight is 267 g/mol. The number of hydrogen-bond donors (Lipinski definition) is 1. The molecule has 18 heavy (non-hydrogen) atoms. The summed E-state index contributed by atoms with van der Waals surface area (Å²) in [6.45, 7) is 6.51.